The largest absolute Gasteiger partial charge is 0.477 e. The maximum atomic E-state index is 13.3. The molecule has 2 aromatic rings. The summed E-state index contributed by atoms with van der Waals surface area (Å²) in [5.41, 5.74) is 1.78. The third-order valence-electron chi connectivity index (χ3n) is 3.98. The number of halogens is 1. The zero-order chi connectivity index (χ0) is 20.0. The third kappa shape index (κ3) is 6.06. The van der Waals surface area contributed by atoms with E-state index in [2.05, 4.69) is 19.2 Å². The molecule has 0 aromatic heterocycles. The fourth-order valence-electron chi connectivity index (χ4n) is 2.68. The van der Waals surface area contributed by atoms with E-state index in [-0.39, 0.29) is 11.8 Å². The summed E-state index contributed by atoms with van der Waals surface area (Å²) in [6.07, 6.45) is 0.987. The van der Waals surface area contributed by atoms with Gasteiger partial charge in [0, 0.05) is 12.1 Å². The Hall–Kier alpha value is -2.96. The Kier molecular flexibility index (Phi) is 6.87. The monoisotopic (exact) mass is 374 g/mol. The van der Waals surface area contributed by atoms with E-state index >= 15 is 0 Å². The molecule has 0 fully saturated rings. The van der Waals surface area contributed by atoms with Crippen molar-refractivity contribution in [3.8, 4) is 5.75 Å². The molecule has 6 nitrogen and oxygen atoms in total. The van der Waals surface area contributed by atoms with Crippen LogP contribution in [0.5, 0.6) is 5.75 Å². The number of ether oxygens (including phenoxy) is 1. The van der Waals surface area contributed by atoms with E-state index in [4.69, 9.17) is 4.74 Å². The average Bonchev–Trinajstić information content (AvgIpc) is 2.59. The van der Waals surface area contributed by atoms with E-state index in [9.17, 15) is 19.3 Å². The Bertz CT molecular complexity index is 806. The highest BCUT2D eigenvalue weighted by molar-refractivity contribution is 5.78. The molecule has 1 N–H and O–H groups in total. The summed E-state index contributed by atoms with van der Waals surface area (Å²) >= 11 is 0. The Balaban J connectivity index is 1.94. The molecule has 0 spiro atoms. The number of nitro benzene ring substituents is 1. The van der Waals surface area contributed by atoms with Gasteiger partial charge in [0.15, 0.2) is 6.61 Å². The summed E-state index contributed by atoms with van der Waals surface area (Å²) in [6.45, 7) is 5.69. The van der Waals surface area contributed by atoms with Gasteiger partial charge in [0.25, 0.3) is 5.91 Å². The number of benzene rings is 2. The van der Waals surface area contributed by atoms with Gasteiger partial charge in [0.05, 0.1) is 11.0 Å². The van der Waals surface area contributed by atoms with E-state index in [1.165, 1.54) is 5.56 Å². The maximum absolute atomic E-state index is 13.3. The third-order valence-corrected chi connectivity index (χ3v) is 3.98. The van der Waals surface area contributed by atoms with Crippen molar-refractivity contribution in [2.24, 2.45) is 5.92 Å². The minimum atomic E-state index is -0.686. The van der Waals surface area contributed by atoms with Crippen LogP contribution in [0.1, 0.15) is 37.9 Å². The van der Waals surface area contributed by atoms with Crippen molar-refractivity contribution in [2.75, 3.05) is 6.61 Å². The first kappa shape index (κ1) is 20.4. The number of carbonyl (C=O) groups is 1. The number of hydrogen-bond donors (Lipinski definition) is 1. The number of nitro groups is 1. The highest BCUT2D eigenvalue weighted by atomic mass is 19.1. The van der Waals surface area contributed by atoms with Gasteiger partial charge in [0.2, 0.25) is 5.75 Å². The van der Waals surface area contributed by atoms with Crippen molar-refractivity contribution in [3.63, 3.8) is 0 Å². The van der Waals surface area contributed by atoms with Crippen LogP contribution in [0.4, 0.5) is 10.1 Å². The number of hydrogen-bond acceptors (Lipinski definition) is 4. The molecule has 0 bridgehead atoms. The van der Waals surface area contributed by atoms with E-state index in [1.807, 2.05) is 31.2 Å². The smallest absolute Gasteiger partial charge is 0.311 e. The summed E-state index contributed by atoms with van der Waals surface area (Å²) in [6, 6.07) is 10.6. The van der Waals surface area contributed by atoms with Crippen molar-refractivity contribution < 1.29 is 18.8 Å². The normalized spacial score (nSPS) is 11.9. The van der Waals surface area contributed by atoms with Gasteiger partial charge in [-0.05, 0) is 36.5 Å². The van der Waals surface area contributed by atoms with Crippen LogP contribution in [0, 0.1) is 21.8 Å². The molecule has 144 valence electrons. The molecular weight excluding hydrogens is 351 g/mol. The van der Waals surface area contributed by atoms with Crippen LogP contribution in [-0.4, -0.2) is 17.4 Å². The fourth-order valence-corrected chi connectivity index (χ4v) is 2.68. The van der Waals surface area contributed by atoms with Crippen molar-refractivity contribution >= 4 is 11.6 Å². The van der Waals surface area contributed by atoms with Crippen LogP contribution >= 0.6 is 0 Å². The first-order valence-electron chi connectivity index (χ1n) is 8.71. The zero-order valence-corrected chi connectivity index (χ0v) is 15.6. The molecule has 0 aliphatic rings. The highest BCUT2D eigenvalue weighted by Gasteiger charge is 2.18. The lowest BCUT2D eigenvalue weighted by Gasteiger charge is -2.15. The quantitative estimate of drug-likeness (QED) is 0.555. The minimum absolute atomic E-state index is 0.253. The molecule has 0 heterocycles. The van der Waals surface area contributed by atoms with Crippen LogP contribution < -0.4 is 10.1 Å². The molecule has 0 radical (unpaired) electrons. The summed E-state index contributed by atoms with van der Waals surface area (Å²) in [4.78, 5) is 22.3. The van der Waals surface area contributed by atoms with Gasteiger partial charge in [-0.25, -0.2) is 4.39 Å². The molecule has 0 aliphatic carbocycles. The second-order valence-corrected chi connectivity index (χ2v) is 6.79. The van der Waals surface area contributed by atoms with Crippen LogP contribution in [0.15, 0.2) is 42.5 Å². The SMILES string of the molecule is CC(C)Cc1ccc([C@H](C)NC(=O)COc2cc(F)ccc2[N+](=O)[O-])cc1. The molecule has 1 amide bonds. The predicted molar refractivity (Wildman–Crippen MR) is 100 cm³/mol. The van der Waals surface area contributed by atoms with Crippen molar-refractivity contribution in [1.29, 1.82) is 0 Å². The van der Waals surface area contributed by atoms with Gasteiger partial charge in [-0.1, -0.05) is 38.1 Å². The van der Waals surface area contributed by atoms with E-state index in [0.29, 0.717) is 5.92 Å². The number of amides is 1. The van der Waals surface area contributed by atoms with Gasteiger partial charge in [0.1, 0.15) is 5.82 Å². The second kappa shape index (κ2) is 9.12. The van der Waals surface area contributed by atoms with E-state index in [1.54, 1.807) is 0 Å². The topological polar surface area (TPSA) is 81.5 Å². The van der Waals surface area contributed by atoms with Gasteiger partial charge in [-0.3, -0.25) is 14.9 Å². The Morgan fingerprint density at radius 3 is 2.44 bits per heavy atom. The van der Waals surface area contributed by atoms with Crippen LogP contribution in [0.3, 0.4) is 0 Å². The Labute approximate surface area is 157 Å². The van der Waals surface area contributed by atoms with Crippen molar-refractivity contribution in [2.45, 2.75) is 33.2 Å². The lowest BCUT2D eigenvalue weighted by atomic mass is 10.00. The van der Waals surface area contributed by atoms with Gasteiger partial charge in [-0.2, -0.15) is 0 Å². The number of carbonyl (C=O) groups excluding carboxylic acids is 1. The Morgan fingerprint density at radius 1 is 1.19 bits per heavy atom. The molecule has 27 heavy (non-hydrogen) atoms. The summed E-state index contributed by atoms with van der Waals surface area (Å²) in [7, 11) is 0. The summed E-state index contributed by atoms with van der Waals surface area (Å²) in [5.74, 6) is -0.837. The lowest BCUT2D eigenvalue weighted by Crippen LogP contribution is -2.31. The summed E-state index contributed by atoms with van der Waals surface area (Å²) in [5, 5.41) is 13.7. The lowest BCUT2D eigenvalue weighted by molar-refractivity contribution is -0.385. The van der Waals surface area contributed by atoms with Gasteiger partial charge >= 0.3 is 5.69 Å². The first-order valence-corrected chi connectivity index (χ1v) is 8.71. The van der Waals surface area contributed by atoms with E-state index < -0.39 is 28.9 Å². The number of nitrogens with zero attached hydrogens (tertiary/aromatic N) is 1. The van der Waals surface area contributed by atoms with Crippen molar-refractivity contribution in [1.82, 2.24) is 5.32 Å². The molecule has 0 unspecified atom stereocenters. The Morgan fingerprint density at radius 2 is 1.85 bits per heavy atom. The molecule has 1 atom stereocenters. The molecule has 0 saturated heterocycles. The standard InChI is InChI=1S/C20H23FN2O4/c1-13(2)10-15-4-6-16(7-5-15)14(3)22-20(24)12-27-19-11-17(21)8-9-18(19)23(25)26/h4-9,11,13-14H,10,12H2,1-3H3,(H,22,24)/t14-/m0/s1. The molecule has 0 aliphatic heterocycles. The highest BCUT2D eigenvalue weighted by Crippen LogP contribution is 2.27. The fraction of sp³-hybridized carbons (Fsp3) is 0.350. The predicted octanol–water partition coefficient (Wildman–Crippen LogP) is 4.19. The summed E-state index contributed by atoms with van der Waals surface area (Å²) < 4.78 is 18.4. The second-order valence-electron chi connectivity index (χ2n) is 6.79. The number of rotatable bonds is 8. The van der Waals surface area contributed by atoms with Gasteiger partial charge in [-0.15, -0.1) is 0 Å². The van der Waals surface area contributed by atoms with Crippen LogP contribution in [-0.2, 0) is 11.2 Å². The maximum Gasteiger partial charge on any atom is 0.311 e. The molecule has 0 saturated carbocycles. The van der Waals surface area contributed by atoms with E-state index in [0.717, 1.165) is 30.2 Å². The number of nitrogens with one attached hydrogen (secondary N) is 1. The zero-order valence-electron chi connectivity index (χ0n) is 15.6. The molecular formula is C20H23FN2O4. The van der Waals surface area contributed by atoms with Gasteiger partial charge < -0.3 is 10.1 Å². The molecule has 2 aromatic carbocycles. The van der Waals surface area contributed by atoms with Crippen LogP contribution in [0.2, 0.25) is 0 Å². The van der Waals surface area contributed by atoms with Crippen LogP contribution in [0.25, 0.3) is 0 Å². The first-order chi connectivity index (χ1) is 12.8. The molecule has 7 heteroatoms. The molecule has 2 rings (SSSR count). The minimum Gasteiger partial charge on any atom is -0.477 e. The average molecular weight is 374 g/mol. The van der Waals surface area contributed by atoms with Crippen molar-refractivity contribution in [3.05, 3.63) is 69.5 Å².